The number of hydrogen-bond acceptors (Lipinski definition) is 1. The summed E-state index contributed by atoms with van der Waals surface area (Å²) in [7, 11) is 0. The smallest absolute Gasteiger partial charge is 0.282 e. The van der Waals surface area contributed by atoms with Gasteiger partial charge in [0.1, 0.15) is 0 Å². The van der Waals surface area contributed by atoms with E-state index in [-0.39, 0.29) is 5.24 Å². The van der Waals surface area contributed by atoms with Gasteiger partial charge in [0.2, 0.25) is 0 Å². The van der Waals surface area contributed by atoms with Crippen molar-refractivity contribution in [3.63, 3.8) is 0 Å². The van der Waals surface area contributed by atoms with Gasteiger partial charge in [0.15, 0.2) is 0 Å². The van der Waals surface area contributed by atoms with Crippen LogP contribution in [-0.4, -0.2) is 10.1 Å². The monoisotopic (exact) mass is 212 g/mol. The lowest BCUT2D eigenvalue weighted by atomic mass is 10.3. The van der Waals surface area contributed by atoms with Gasteiger partial charge in [-0.15, -0.1) is 0 Å². The molecule has 0 aromatic carbocycles. The van der Waals surface area contributed by atoms with Gasteiger partial charge < -0.3 is 0 Å². The number of unbranched alkanes of at least 4 members (excludes halogenated alkanes) is 2. The number of nitrogens with zero attached hydrogens (tertiary/aromatic N) is 1. The minimum Gasteiger partial charge on any atom is -0.282 e. The predicted octanol–water partition coefficient (Wildman–Crippen LogP) is 4.23. The molecule has 0 N–H and O–H groups in total. The highest BCUT2D eigenvalue weighted by Gasteiger charge is 2.00. The van der Waals surface area contributed by atoms with Crippen molar-refractivity contribution in [2.24, 2.45) is 0 Å². The van der Waals surface area contributed by atoms with Crippen LogP contribution in [0.25, 0.3) is 0 Å². The summed E-state index contributed by atoms with van der Waals surface area (Å²) >= 11 is 4.58. The SMILES string of the molecule is CCC/C=C/N(/C=C/CCC)C(=O)[S]. The Balaban J connectivity index is 4.08. The van der Waals surface area contributed by atoms with Crippen LogP contribution in [0.5, 0.6) is 0 Å². The molecule has 0 aromatic heterocycles. The number of amides is 1. The number of rotatable bonds is 6. The first kappa shape index (κ1) is 13.2. The molecule has 0 aromatic rings. The summed E-state index contributed by atoms with van der Waals surface area (Å²) in [6.45, 7) is 4.19. The van der Waals surface area contributed by atoms with Crippen LogP contribution in [0.4, 0.5) is 4.79 Å². The van der Waals surface area contributed by atoms with Crippen LogP contribution in [0.2, 0.25) is 0 Å². The van der Waals surface area contributed by atoms with Crippen molar-refractivity contribution < 1.29 is 4.79 Å². The average Bonchev–Trinajstić information content (AvgIpc) is 2.15. The largest absolute Gasteiger partial charge is 0.321 e. The van der Waals surface area contributed by atoms with E-state index in [0.29, 0.717) is 0 Å². The third kappa shape index (κ3) is 6.66. The van der Waals surface area contributed by atoms with Gasteiger partial charge in [0.05, 0.1) is 0 Å². The van der Waals surface area contributed by atoms with Crippen LogP contribution >= 0.6 is 12.6 Å². The predicted molar refractivity (Wildman–Crippen MR) is 62.9 cm³/mol. The molecular weight excluding hydrogens is 194 g/mol. The quantitative estimate of drug-likeness (QED) is 0.645. The summed E-state index contributed by atoms with van der Waals surface area (Å²) in [6.07, 6.45) is 11.5. The molecule has 1 amide bonds. The fourth-order valence-electron chi connectivity index (χ4n) is 0.881. The molecule has 14 heavy (non-hydrogen) atoms. The number of hydrogen-bond donors (Lipinski definition) is 0. The Morgan fingerprint density at radius 1 is 1.14 bits per heavy atom. The van der Waals surface area contributed by atoms with Crippen LogP contribution in [0.15, 0.2) is 24.6 Å². The number of allylic oxidation sites excluding steroid dienone is 2. The molecule has 0 aliphatic rings. The van der Waals surface area contributed by atoms with E-state index < -0.39 is 0 Å². The van der Waals surface area contributed by atoms with Crippen LogP contribution in [-0.2, 0) is 0 Å². The first-order chi connectivity index (χ1) is 6.72. The molecule has 0 unspecified atom stereocenters. The van der Waals surface area contributed by atoms with Crippen molar-refractivity contribution in [2.75, 3.05) is 0 Å². The minimum atomic E-state index is -0.357. The Bertz CT molecular complexity index is 195. The van der Waals surface area contributed by atoms with Crippen molar-refractivity contribution in [1.82, 2.24) is 4.90 Å². The highest BCUT2D eigenvalue weighted by molar-refractivity contribution is 7.96. The van der Waals surface area contributed by atoms with Crippen molar-refractivity contribution in [1.29, 1.82) is 0 Å². The number of carbonyl (C=O) groups excluding carboxylic acids is 1. The molecule has 2 nitrogen and oxygen atoms in total. The zero-order valence-electron chi connectivity index (χ0n) is 8.90. The van der Waals surface area contributed by atoms with Crippen LogP contribution in [0.3, 0.4) is 0 Å². The summed E-state index contributed by atoms with van der Waals surface area (Å²) in [6, 6.07) is 0. The van der Waals surface area contributed by atoms with Crippen molar-refractivity contribution in [3.8, 4) is 0 Å². The number of carbonyl (C=O) groups is 1. The summed E-state index contributed by atoms with van der Waals surface area (Å²) < 4.78 is 0. The van der Waals surface area contributed by atoms with E-state index in [1.54, 1.807) is 12.4 Å². The van der Waals surface area contributed by atoms with E-state index in [4.69, 9.17) is 0 Å². The van der Waals surface area contributed by atoms with Gasteiger partial charge in [-0.1, -0.05) is 38.8 Å². The summed E-state index contributed by atoms with van der Waals surface area (Å²) in [5.41, 5.74) is 0. The Kier molecular flexibility index (Phi) is 8.24. The molecule has 0 fully saturated rings. The highest BCUT2D eigenvalue weighted by Crippen LogP contribution is 2.02. The molecule has 0 atom stereocenters. The summed E-state index contributed by atoms with van der Waals surface area (Å²) in [5.74, 6) is 0. The molecule has 0 aliphatic carbocycles. The Morgan fingerprint density at radius 3 is 1.86 bits per heavy atom. The molecule has 0 heterocycles. The van der Waals surface area contributed by atoms with Gasteiger partial charge in [-0.25, -0.2) is 0 Å². The molecule has 0 bridgehead atoms. The maximum absolute atomic E-state index is 11.0. The zero-order chi connectivity index (χ0) is 10.8. The van der Waals surface area contributed by atoms with Crippen molar-refractivity contribution >= 4 is 17.9 Å². The molecule has 0 rings (SSSR count). The lowest BCUT2D eigenvalue weighted by Gasteiger charge is -2.07. The second kappa shape index (κ2) is 8.75. The fourth-order valence-corrected chi connectivity index (χ4v) is 1.00. The van der Waals surface area contributed by atoms with Gasteiger partial charge in [0.25, 0.3) is 0 Å². The van der Waals surface area contributed by atoms with Gasteiger partial charge in [0, 0.05) is 12.4 Å². The van der Waals surface area contributed by atoms with E-state index >= 15 is 0 Å². The molecule has 0 aliphatic heterocycles. The van der Waals surface area contributed by atoms with Crippen molar-refractivity contribution in [3.05, 3.63) is 24.6 Å². The Labute approximate surface area is 92.1 Å². The van der Waals surface area contributed by atoms with Gasteiger partial charge in [-0.05, 0) is 25.5 Å². The topological polar surface area (TPSA) is 20.3 Å². The van der Waals surface area contributed by atoms with E-state index in [2.05, 4.69) is 26.5 Å². The average molecular weight is 212 g/mol. The van der Waals surface area contributed by atoms with Crippen LogP contribution < -0.4 is 0 Å². The maximum atomic E-state index is 11.0. The Hall–Kier alpha value is -0.830. The van der Waals surface area contributed by atoms with Gasteiger partial charge in [-0.2, -0.15) is 0 Å². The zero-order valence-corrected chi connectivity index (χ0v) is 9.72. The molecule has 3 heteroatoms. The second-order valence-corrected chi connectivity index (χ2v) is 3.37. The van der Waals surface area contributed by atoms with E-state index in [0.717, 1.165) is 25.7 Å². The van der Waals surface area contributed by atoms with E-state index in [9.17, 15) is 4.79 Å². The third-order valence-corrected chi connectivity index (χ3v) is 1.86. The maximum Gasteiger partial charge on any atom is 0.321 e. The molecule has 0 spiro atoms. The molecular formula is C11H18NOS. The van der Waals surface area contributed by atoms with Crippen molar-refractivity contribution in [2.45, 2.75) is 39.5 Å². The lowest BCUT2D eigenvalue weighted by molar-refractivity contribution is 0.249. The standard InChI is InChI=1S/C11H18NOS/c1-3-5-7-9-12(11(13)14)10-8-6-4-2/h7-10H,3-6H2,1-2H3/b9-7+,10-8+. The second-order valence-electron chi connectivity index (χ2n) is 3.02. The Morgan fingerprint density at radius 2 is 1.57 bits per heavy atom. The third-order valence-electron chi connectivity index (χ3n) is 1.65. The summed E-state index contributed by atoms with van der Waals surface area (Å²) in [5, 5.41) is -0.357. The van der Waals surface area contributed by atoms with E-state index in [1.165, 1.54) is 4.90 Å². The first-order valence-corrected chi connectivity index (χ1v) is 5.45. The van der Waals surface area contributed by atoms with E-state index in [1.807, 2.05) is 12.2 Å². The molecule has 79 valence electrons. The van der Waals surface area contributed by atoms with Crippen LogP contribution in [0.1, 0.15) is 39.5 Å². The molecule has 0 saturated heterocycles. The summed E-state index contributed by atoms with van der Waals surface area (Å²) in [4.78, 5) is 12.4. The van der Waals surface area contributed by atoms with Gasteiger partial charge in [-0.3, -0.25) is 9.69 Å². The normalized spacial score (nSPS) is 11.3. The molecule has 0 saturated carbocycles. The lowest BCUT2D eigenvalue weighted by Crippen LogP contribution is -2.11. The first-order valence-electron chi connectivity index (χ1n) is 5.05. The van der Waals surface area contributed by atoms with Crippen LogP contribution in [0, 0.1) is 0 Å². The highest BCUT2D eigenvalue weighted by atomic mass is 32.1. The molecule has 1 radical (unpaired) electrons. The minimum absolute atomic E-state index is 0.357. The van der Waals surface area contributed by atoms with Gasteiger partial charge >= 0.3 is 5.24 Å². The fraction of sp³-hybridized carbons (Fsp3) is 0.545.